The number of rotatable bonds is 6. The molecule has 1 atom stereocenters. The Bertz CT molecular complexity index is 378. The Hall–Kier alpha value is -1.29. The average Bonchev–Trinajstić information content (AvgIpc) is 3.19. The molecule has 1 fully saturated rings. The van der Waals surface area contributed by atoms with Gasteiger partial charge in [0, 0.05) is 24.2 Å². The molecule has 0 aromatic carbocycles. The van der Waals surface area contributed by atoms with Crippen LogP contribution in [0.15, 0.2) is 12.3 Å². The molecule has 0 aliphatic heterocycles. The molecular weight excluding hydrogens is 216 g/mol. The van der Waals surface area contributed by atoms with E-state index in [0.29, 0.717) is 12.3 Å². The lowest BCUT2D eigenvalue weighted by Crippen LogP contribution is -2.11. The summed E-state index contributed by atoms with van der Waals surface area (Å²) in [4.78, 5) is 4.34. The van der Waals surface area contributed by atoms with E-state index in [2.05, 4.69) is 11.9 Å². The first-order valence-corrected chi connectivity index (χ1v) is 6.11. The molecule has 1 unspecified atom stereocenters. The predicted molar refractivity (Wildman–Crippen MR) is 66.5 cm³/mol. The van der Waals surface area contributed by atoms with Crippen molar-refractivity contribution in [1.82, 2.24) is 4.98 Å². The zero-order valence-corrected chi connectivity index (χ0v) is 10.5. The Morgan fingerprint density at radius 1 is 1.47 bits per heavy atom. The largest absolute Gasteiger partial charge is 0.491 e. The fraction of sp³-hybridized carbons (Fsp3) is 0.615. The van der Waals surface area contributed by atoms with Crippen molar-refractivity contribution in [1.29, 1.82) is 0 Å². The van der Waals surface area contributed by atoms with Gasteiger partial charge >= 0.3 is 0 Å². The Morgan fingerprint density at radius 3 is 2.82 bits per heavy atom. The van der Waals surface area contributed by atoms with Crippen LogP contribution >= 0.6 is 0 Å². The van der Waals surface area contributed by atoms with Gasteiger partial charge in [-0.1, -0.05) is 6.92 Å². The molecule has 0 radical (unpaired) electrons. The van der Waals surface area contributed by atoms with Crippen molar-refractivity contribution in [3.05, 3.63) is 18.0 Å². The number of methoxy groups -OCH3 is 1. The van der Waals surface area contributed by atoms with Gasteiger partial charge in [-0.3, -0.25) is 4.98 Å². The molecule has 0 saturated heterocycles. The zero-order valence-electron chi connectivity index (χ0n) is 10.5. The second kappa shape index (κ2) is 5.36. The Kier molecular flexibility index (Phi) is 3.84. The molecule has 2 rings (SSSR count). The molecule has 1 saturated carbocycles. The minimum atomic E-state index is 0.240. The maximum atomic E-state index is 5.78. The van der Waals surface area contributed by atoms with Gasteiger partial charge in [-0.2, -0.15) is 0 Å². The van der Waals surface area contributed by atoms with Gasteiger partial charge in [0.25, 0.3) is 0 Å². The third kappa shape index (κ3) is 3.09. The number of aromatic nitrogens is 1. The molecule has 1 aromatic heterocycles. The van der Waals surface area contributed by atoms with E-state index in [4.69, 9.17) is 15.2 Å². The number of pyridine rings is 1. The van der Waals surface area contributed by atoms with Crippen molar-refractivity contribution >= 4 is 0 Å². The monoisotopic (exact) mass is 236 g/mol. The number of hydrogen-bond donors (Lipinski definition) is 1. The highest BCUT2D eigenvalue weighted by molar-refractivity contribution is 5.39. The Balaban J connectivity index is 2.12. The lowest BCUT2D eigenvalue weighted by Gasteiger charge is -2.13. The van der Waals surface area contributed by atoms with Crippen molar-refractivity contribution in [2.75, 3.05) is 20.3 Å². The van der Waals surface area contributed by atoms with Crippen molar-refractivity contribution in [3.63, 3.8) is 0 Å². The molecule has 1 aliphatic rings. The smallest absolute Gasteiger partial charge is 0.179 e. The Morgan fingerprint density at radius 2 is 2.24 bits per heavy atom. The summed E-state index contributed by atoms with van der Waals surface area (Å²) >= 11 is 0. The van der Waals surface area contributed by atoms with Crippen molar-refractivity contribution in [3.8, 4) is 11.5 Å². The van der Waals surface area contributed by atoms with Crippen molar-refractivity contribution in [2.24, 2.45) is 11.7 Å². The molecule has 4 heteroatoms. The lowest BCUT2D eigenvalue weighted by molar-refractivity contribution is 0.279. The van der Waals surface area contributed by atoms with Gasteiger partial charge in [-0.15, -0.1) is 0 Å². The maximum Gasteiger partial charge on any atom is 0.179 e. The molecule has 4 nitrogen and oxygen atoms in total. The summed E-state index contributed by atoms with van der Waals surface area (Å²) in [6, 6.07) is 1.94. The van der Waals surface area contributed by atoms with E-state index in [1.54, 1.807) is 13.3 Å². The number of nitrogens with zero attached hydrogens (tertiary/aromatic N) is 1. The SMILES string of the molecule is COc1cnc(C(C)CN)cc1OCC1CC1. The summed E-state index contributed by atoms with van der Waals surface area (Å²) in [5.41, 5.74) is 6.60. The quantitative estimate of drug-likeness (QED) is 0.820. The Labute approximate surface area is 102 Å². The lowest BCUT2D eigenvalue weighted by atomic mass is 10.1. The summed E-state index contributed by atoms with van der Waals surface area (Å²) in [6.45, 7) is 3.41. The third-order valence-electron chi connectivity index (χ3n) is 3.10. The normalized spacial score (nSPS) is 16.6. The fourth-order valence-corrected chi connectivity index (χ4v) is 1.59. The van der Waals surface area contributed by atoms with Crippen LogP contribution in [0.3, 0.4) is 0 Å². The van der Waals surface area contributed by atoms with Gasteiger partial charge in [0.15, 0.2) is 11.5 Å². The molecule has 0 spiro atoms. The number of hydrogen-bond acceptors (Lipinski definition) is 4. The van der Waals surface area contributed by atoms with Crippen LogP contribution in [0.25, 0.3) is 0 Å². The standard InChI is InChI=1S/C13H20N2O2/c1-9(6-14)11-5-12(13(16-2)7-15-11)17-8-10-3-4-10/h5,7,9-10H,3-4,6,8,14H2,1-2H3. The molecule has 2 N–H and O–H groups in total. The van der Waals surface area contributed by atoms with E-state index in [1.165, 1.54) is 12.8 Å². The molecule has 17 heavy (non-hydrogen) atoms. The molecular formula is C13H20N2O2. The first-order valence-electron chi connectivity index (χ1n) is 6.11. The number of nitrogens with two attached hydrogens (primary N) is 1. The molecule has 0 amide bonds. The second-order valence-electron chi connectivity index (χ2n) is 4.65. The highest BCUT2D eigenvalue weighted by Gasteiger charge is 2.23. The number of ether oxygens (including phenoxy) is 2. The van der Waals surface area contributed by atoms with Crippen LogP contribution in [-0.4, -0.2) is 25.2 Å². The van der Waals surface area contributed by atoms with E-state index in [9.17, 15) is 0 Å². The first kappa shape index (κ1) is 12.2. The molecule has 1 aromatic rings. The van der Waals surface area contributed by atoms with E-state index in [0.717, 1.165) is 24.0 Å². The topological polar surface area (TPSA) is 57.4 Å². The van der Waals surface area contributed by atoms with Gasteiger partial charge in [0.2, 0.25) is 0 Å². The third-order valence-corrected chi connectivity index (χ3v) is 3.10. The zero-order chi connectivity index (χ0) is 12.3. The molecule has 1 heterocycles. The van der Waals surface area contributed by atoms with E-state index in [-0.39, 0.29) is 5.92 Å². The van der Waals surface area contributed by atoms with Crippen LogP contribution in [0.5, 0.6) is 11.5 Å². The highest BCUT2D eigenvalue weighted by Crippen LogP contribution is 2.33. The predicted octanol–water partition coefficient (Wildman–Crippen LogP) is 1.94. The van der Waals surface area contributed by atoms with E-state index < -0.39 is 0 Å². The minimum Gasteiger partial charge on any atom is -0.491 e. The fourth-order valence-electron chi connectivity index (χ4n) is 1.59. The maximum absolute atomic E-state index is 5.78. The van der Waals surface area contributed by atoms with Crippen LogP contribution in [0.2, 0.25) is 0 Å². The van der Waals surface area contributed by atoms with Gasteiger partial charge in [-0.05, 0) is 18.8 Å². The van der Waals surface area contributed by atoms with Gasteiger partial charge in [-0.25, -0.2) is 0 Å². The summed E-state index contributed by atoms with van der Waals surface area (Å²) in [6.07, 6.45) is 4.27. The van der Waals surface area contributed by atoms with Gasteiger partial charge < -0.3 is 15.2 Å². The van der Waals surface area contributed by atoms with Crippen molar-refractivity contribution in [2.45, 2.75) is 25.7 Å². The first-order chi connectivity index (χ1) is 8.24. The average molecular weight is 236 g/mol. The second-order valence-corrected chi connectivity index (χ2v) is 4.65. The minimum absolute atomic E-state index is 0.240. The molecule has 94 valence electrons. The van der Waals surface area contributed by atoms with Crippen LogP contribution in [0.4, 0.5) is 0 Å². The summed E-state index contributed by atoms with van der Waals surface area (Å²) in [5.74, 6) is 2.44. The van der Waals surface area contributed by atoms with E-state index >= 15 is 0 Å². The summed E-state index contributed by atoms with van der Waals surface area (Å²) in [7, 11) is 1.63. The summed E-state index contributed by atoms with van der Waals surface area (Å²) < 4.78 is 11.0. The van der Waals surface area contributed by atoms with Crippen LogP contribution < -0.4 is 15.2 Å². The van der Waals surface area contributed by atoms with Crippen molar-refractivity contribution < 1.29 is 9.47 Å². The van der Waals surface area contributed by atoms with Gasteiger partial charge in [0.05, 0.1) is 19.9 Å². The van der Waals surface area contributed by atoms with Gasteiger partial charge in [0.1, 0.15) is 0 Å². The molecule has 1 aliphatic carbocycles. The van der Waals surface area contributed by atoms with Crippen LogP contribution in [0, 0.1) is 5.92 Å². The van der Waals surface area contributed by atoms with E-state index in [1.807, 2.05) is 6.07 Å². The summed E-state index contributed by atoms with van der Waals surface area (Å²) in [5, 5.41) is 0. The van der Waals surface area contributed by atoms with Crippen LogP contribution in [0.1, 0.15) is 31.4 Å². The highest BCUT2D eigenvalue weighted by atomic mass is 16.5. The van der Waals surface area contributed by atoms with Crippen LogP contribution in [-0.2, 0) is 0 Å². The molecule has 0 bridgehead atoms.